The van der Waals surface area contributed by atoms with Gasteiger partial charge in [0.25, 0.3) is 5.91 Å². The number of ether oxygens (including phenoxy) is 2. The lowest BCUT2D eigenvalue weighted by molar-refractivity contribution is -0.138. The van der Waals surface area contributed by atoms with Gasteiger partial charge in [0, 0.05) is 24.1 Å². The molecule has 1 fully saturated rings. The number of rotatable bonds is 23. The smallest absolute Gasteiger partial charge is 0.416 e. The van der Waals surface area contributed by atoms with Gasteiger partial charge in [-0.15, -0.1) is 11.3 Å². The van der Waals surface area contributed by atoms with Crippen molar-refractivity contribution in [3.8, 4) is 5.75 Å². The van der Waals surface area contributed by atoms with Crippen LogP contribution in [0.1, 0.15) is 144 Å². The Labute approximate surface area is 314 Å². The summed E-state index contributed by atoms with van der Waals surface area (Å²) in [4.78, 5) is 19.2. The highest BCUT2D eigenvalue weighted by atomic mass is 32.1. The molecule has 0 aliphatic carbocycles. The first-order chi connectivity index (χ1) is 25.1. The molecule has 3 rings (SSSR count). The fourth-order valence-electron chi connectivity index (χ4n) is 6.17. The summed E-state index contributed by atoms with van der Waals surface area (Å²) in [5, 5.41) is 13.2. The summed E-state index contributed by atoms with van der Waals surface area (Å²) in [5.74, 6) is -0.882. The molecule has 0 bridgehead atoms. The number of amides is 1. The Hall–Kier alpha value is -2.42. The van der Waals surface area contributed by atoms with Crippen molar-refractivity contribution in [2.24, 2.45) is 4.99 Å². The molecular weight excluding hydrogens is 721 g/mol. The maximum absolute atomic E-state index is 13.7. The third kappa shape index (κ3) is 17.3. The standard InChI is InChI=1S/C39H59F6N3O4S/c1-37(2,3)34-26-48(25-31-18-17-23-51-31)36(53-34)47-35(50)32-24-29(39(43,44)45)19-20-33(32)52-28-30(27-49)46-22-16-14-12-10-8-6-4-5-7-9-11-13-15-21-38(40,41)42/h19-20,24,26,30-31,46,49H,4-18,21-23,25,27-28H2,1-3H3/t30-,31-/m1/s1. The van der Waals surface area contributed by atoms with Gasteiger partial charge in [0.15, 0.2) is 4.80 Å². The fraction of sp³-hybridized carbons (Fsp3) is 0.744. The van der Waals surface area contributed by atoms with E-state index < -0.39 is 36.3 Å². The number of halogens is 6. The molecule has 2 aromatic rings. The molecule has 1 saturated heterocycles. The molecule has 2 atom stereocenters. The molecule has 7 nitrogen and oxygen atoms in total. The SMILES string of the molecule is CC(C)(C)c1cn(C[C@H]2CCCO2)c(=NC(=O)c2cc(C(F)(F)F)ccc2OC[C@@H](CO)NCCCCCCCCCCCCCCCC(F)(F)F)s1. The predicted octanol–water partition coefficient (Wildman–Crippen LogP) is 10.1. The molecule has 0 saturated carbocycles. The quantitative estimate of drug-likeness (QED) is 0.0867. The summed E-state index contributed by atoms with van der Waals surface area (Å²) in [6, 6.07) is 2.30. The second kappa shape index (κ2) is 22.2. The number of unbranched alkanes of at least 4 members (excludes halogenated alkanes) is 12. The zero-order chi connectivity index (χ0) is 38.9. The summed E-state index contributed by atoms with van der Waals surface area (Å²) in [5.41, 5.74) is -1.51. The number of thiazole rings is 1. The number of hydrogen-bond donors (Lipinski definition) is 2. The predicted molar refractivity (Wildman–Crippen MR) is 196 cm³/mol. The second-order valence-electron chi connectivity index (χ2n) is 15.1. The summed E-state index contributed by atoms with van der Waals surface area (Å²) < 4.78 is 91.2. The molecule has 0 spiro atoms. The number of aliphatic hydroxyl groups is 1. The molecule has 14 heteroatoms. The highest BCUT2D eigenvalue weighted by Gasteiger charge is 2.32. The number of benzene rings is 1. The molecular formula is C39H59F6N3O4S. The Morgan fingerprint density at radius 3 is 2.09 bits per heavy atom. The number of carbonyl (C=O) groups is 1. The van der Waals surface area contributed by atoms with Crippen LogP contribution in [0.25, 0.3) is 0 Å². The van der Waals surface area contributed by atoms with Crippen molar-refractivity contribution in [3.05, 3.63) is 45.2 Å². The van der Waals surface area contributed by atoms with Crippen molar-refractivity contribution in [2.75, 3.05) is 26.4 Å². The lowest BCUT2D eigenvalue weighted by atomic mass is 9.95. The normalized spacial score (nSPS) is 16.4. The van der Waals surface area contributed by atoms with E-state index in [1.807, 2.05) is 31.5 Å². The minimum atomic E-state index is -4.67. The van der Waals surface area contributed by atoms with Crippen LogP contribution in [0.2, 0.25) is 0 Å². The van der Waals surface area contributed by atoms with Gasteiger partial charge in [-0.3, -0.25) is 4.79 Å². The lowest BCUT2D eigenvalue weighted by Gasteiger charge is -2.19. The molecule has 1 aromatic carbocycles. The Balaban J connectivity index is 1.46. The maximum atomic E-state index is 13.7. The number of hydrogen-bond acceptors (Lipinski definition) is 6. The summed E-state index contributed by atoms with van der Waals surface area (Å²) in [7, 11) is 0. The van der Waals surface area contributed by atoms with Crippen LogP contribution in [-0.4, -0.2) is 60.3 Å². The third-order valence-electron chi connectivity index (χ3n) is 9.35. The molecule has 302 valence electrons. The molecule has 2 heterocycles. The van der Waals surface area contributed by atoms with Crippen molar-refractivity contribution in [1.82, 2.24) is 9.88 Å². The number of carbonyl (C=O) groups excluding carboxylic acids is 1. The lowest BCUT2D eigenvalue weighted by Crippen LogP contribution is -2.38. The molecule has 1 aliphatic heterocycles. The molecule has 1 amide bonds. The van der Waals surface area contributed by atoms with Crippen molar-refractivity contribution >= 4 is 17.2 Å². The van der Waals surface area contributed by atoms with Gasteiger partial charge in [-0.05, 0) is 55.8 Å². The van der Waals surface area contributed by atoms with Crippen molar-refractivity contribution in [3.63, 3.8) is 0 Å². The van der Waals surface area contributed by atoms with Gasteiger partial charge in [-0.1, -0.05) is 91.4 Å². The van der Waals surface area contributed by atoms with E-state index in [1.54, 1.807) is 0 Å². The van der Waals surface area contributed by atoms with Crippen LogP contribution in [-0.2, 0) is 22.9 Å². The Bertz CT molecular complexity index is 1430. The van der Waals surface area contributed by atoms with Gasteiger partial charge in [0.2, 0.25) is 0 Å². The van der Waals surface area contributed by atoms with Crippen molar-refractivity contribution < 1.29 is 45.7 Å². The van der Waals surface area contributed by atoms with E-state index in [2.05, 4.69) is 10.3 Å². The van der Waals surface area contributed by atoms with Gasteiger partial charge in [0.05, 0.1) is 36.4 Å². The number of aromatic nitrogens is 1. The van der Waals surface area contributed by atoms with Gasteiger partial charge >= 0.3 is 12.4 Å². The minimum absolute atomic E-state index is 0.0308. The molecule has 53 heavy (non-hydrogen) atoms. The van der Waals surface area contributed by atoms with Crippen LogP contribution < -0.4 is 14.9 Å². The van der Waals surface area contributed by atoms with E-state index >= 15 is 0 Å². The second-order valence-corrected chi connectivity index (χ2v) is 16.2. The highest BCUT2D eigenvalue weighted by molar-refractivity contribution is 7.09. The van der Waals surface area contributed by atoms with Crippen molar-refractivity contribution in [2.45, 2.75) is 160 Å². The average Bonchev–Trinajstić information content (AvgIpc) is 3.75. The summed E-state index contributed by atoms with van der Waals surface area (Å²) in [6.45, 7) is 7.59. The molecule has 1 aliphatic rings. The molecule has 0 radical (unpaired) electrons. The molecule has 1 aromatic heterocycles. The first-order valence-corrected chi connectivity index (χ1v) is 20.0. The minimum Gasteiger partial charge on any atom is -0.491 e. The van der Waals surface area contributed by atoms with E-state index in [0.29, 0.717) is 30.9 Å². The van der Waals surface area contributed by atoms with E-state index in [-0.39, 0.29) is 42.5 Å². The first-order valence-electron chi connectivity index (χ1n) is 19.2. The Morgan fingerprint density at radius 1 is 0.962 bits per heavy atom. The summed E-state index contributed by atoms with van der Waals surface area (Å²) in [6.07, 6.45) is 6.78. The molecule has 0 unspecified atom stereocenters. The van der Waals surface area contributed by atoms with E-state index in [1.165, 1.54) is 11.3 Å². The van der Waals surface area contributed by atoms with E-state index in [4.69, 9.17) is 9.47 Å². The van der Waals surface area contributed by atoms with Gasteiger partial charge in [-0.25, -0.2) is 0 Å². The molecule has 2 N–H and O–H groups in total. The van der Waals surface area contributed by atoms with Crippen molar-refractivity contribution in [1.29, 1.82) is 0 Å². The fourth-order valence-corrected chi connectivity index (χ4v) is 7.22. The zero-order valence-corrected chi connectivity index (χ0v) is 32.4. The van der Waals surface area contributed by atoms with E-state index in [9.17, 15) is 36.2 Å². The van der Waals surface area contributed by atoms with Crippen LogP contribution in [0.5, 0.6) is 5.75 Å². The Kier molecular flexibility index (Phi) is 18.8. The van der Waals surface area contributed by atoms with Crippen LogP contribution in [0.15, 0.2) is 29.4 Å². The van der Waals surface area contributed by atoms with Crippen LogP contribution in [0.4, 0.5) is 26.3 Å². The van der Waals surface area contributed by atoms with Crippen LogP contribution in [0.3, 0.4) is 0 Å². The van der Waals surface area contributed by atoms with Gasteiger partial charge in [-0.2, -0.15) is 31.3 Å². The van der Waals surface area contributed by atoms with Crippen LogP contribution in [0, 0.1) is 0 Å². The number of nitrogens with one attached hydrogen (secondary N) is 1. The van der Waals surface area contributed by atoms with Gasteiger partial charge < -0.3 is 24.5 Å². The Morgan fingerprint density at radius 2 is 1.57 bits per heavy atom. The maximum Gasteiger partial charge on any atom is 0.416 e. The first kappa shape index (κ1) is 45.0. The van der Waals surface area contributed by atoms with Crippen LogP contribution >= 0.6 is 11.3 Å². The number of nitrogens with zero attached hydrogens (tertiary/aromatic N) is 2. The zero-order valence-electron chi connectivity index (χ0n) is 31.6. The summed E-state index contributed by atoms with van der Waals surface area (Å²) >= 11 is 1.32. The monoisotopic (exact) mass is 779 g/mol. The number of alkyl halides is 6. The third-order valence-corrected chi connectivity index (χ3v) is 10.8. The van der Waals surface area contributed by atoms with Gasteiger partial charge in [0.1, 0.15) is 12.4 Å². The topological polar surface area (TPSA) is 85.1 Å². The van der Waals surface area contributed by atoms with E-state index in [0.717, 1.165) is 107 Å². The average molecular weight is 780 g/mol. The highest BCUT2D eigenvalue weighted by Crippen LogP contribution is 2.33. The largest absolute Gasteiger partial charge is 0.491 e. The number of aliphatic hydroxyl groups excluding tert-OH is 1.